The smallest absolute Gasteiger partial charge is 0.0761 e. The number of nitrogens with two attached hydrogens (primary N) is 1. The van der Waals surface area contributed by atoms with Gasteiger partial charge in [0, 0.05) is 35.2 Å². The van der Waals surface area contributed by atoms with E-state index in [1.807, 2.05) is 12.1 Å². The number of halogens is 2. The van der Waals surface area contributed by atoms with Crippen LogP contribution in [0.5, 0.6) is 0 Å². The van der Waals surface area contributed by atoms with E-state index in [4.69, 9.17) is 22.1 Å². The largest absolute Gasteiger partial charge is 0.367 e. The van der Waals surface area contributed by atoms with Crippen LogP contribution in [-0.4, -0.2) is 35.7 Å². The molecular formula is C16H24BrClN2O. The molecule has 0 amide bonds. The summed E-state index contributed by atoms with van der Waals surface area (Å²) in [6.07, 6.45) is 0. The molecule has 21 heavy (non-hydrogen) atoms. The molecule has 2 rings (SSSR count). The second kappa shape index (κ2) is 6.17. The van der Waals surface area contributed by atoms with Crippen molar-refractivity contribution in [3.8, 4) is 0 Å². The standard InChI is InChI=1S/C16H24BrClN2O/c1-15(2)9-20(10-16(3,4)21-15)14(8-19)12-6-5-11(17)7-13(12)18/h5-7,14H,8-10,19H2,1-4H3. The highest BCUT2D eigenvalue weighted by Crippen LogP contribution is 2.36. The number of ether oxygens (including phenoxy) is 1. The van der Waals surface area contributed by atoms with Crippen LogP contribution in [-0.2, 0) is 4.74 Å². The van der Waals surface area contributed by atoms with E-state index in [9.17, 15) is 0 Å². The van der Waals surface area contributed by atoms with Gasteiger partial charge in [0.05, 0.1) is 11.2 Å². The molecule has 0 aliphatic carbocycles. The normalized spacial score (nSPS) is 23.0. The van der Waals surface area contributed by atoms with Gasteiger partial charge in [0.15, 0.2) is 0 Å². The van der Waals surface area contributed by atoms with Crippen LogP contribution in [0, 0.1) is 0 Å². The molecular weight excluding hydrogens is 352 g/mol. The molecule has 1 atom stereocenters. The molecule has 3 nitrogen and oxygen atoms in total. The summed E-state index contributed by atoms with van der Waals surface area (Å²) in [4.78, 5) is 2.39. The molecule has 1 heterocycles. The average molecular weight is 376 g/mol. The zero-order chi connectivity index (χ0) is 15.8. The van der Waals surface area contributed by atoms with Crippen molar-refractivity contribution in [2.45, 2.75) is 44.9 Å². The minimum absolute atomic E-state index is 0.105. The van der Waals surface area contributed by atoms with Crippen LogP contribution in [0.15, 0.2) is 22.7 Å². The number of rotatable bonds is 3. The van der Waals surface area contributed by atoms with Crippen LogP contribution < -0.4 is 5.73 Å². The molecule has 1 aliphatic rings. The van der Waals surface area contributed by atoms with E-state index in [-0.39, 0.29) is 17.2 Å². The van der Waals surface area contributed by atoms with Gasteiger partial charge >= 0.3 is 0 Å². The molecule has 1 aromatic carbocycles. The van der Waals surface area contributed by atoms with E-state index in [1.165, 1.54) is 0 Å². The predicted molar refractivity (Wildman–Crippen MR) is 91.8 cm³/mol. The Kier molecular flexibility index (Phi) is 5.06. The van der Waals surface area contributed by atoms with E-state index >= 15 is 0 Å². The summed E-state index contributed by atoms with van der Waals surface area (Å²) in [6.45, 7) is 10.7. The summed E-state index contributed by atoms with van der Waals surface area (Å²) in [5, 5.41) is 0.752. The van der Waals surface area contributed by atoms with Crippen LogP contribution >= 0.6 is 27.5 Å². The van der Waals surface area contributed by atoms with E-state index in [2.05, 4.69) is 54.6 Å². The molecule has 0 saturated carbocycles. The Morgan fingerprint density at radius 2 is 1.86 bits per heavy atom. The Bertz CT molecular complexity index is 503. The minimum Gasteiger partial charge on any atom is -0.367 e. The van der Waals surface area contributed by atoms with Gasteiger partial charge in [-0.1, -0.05) is 33.6 Å². The van der Waals surface area contributed by atoms with Gasteiger partial charge in [-0.25, -0.2) is 0 Å². The Balaban J connectivity index is 2.32. The molecule has 0 aromatic heterocycles. The maximum absolute atomic E-state index is 6.42. The first-order valence-corrected chi connectivity index (χ1v) is 8.40. The van der Waals surface area contributed by atoms with Crippen molar-refractivity contribution in [3.05, 3.63) is 33.3 Å². The van der Waals surface area contributed by atoms with Crippen LogP contribution in [0.1, 0.15) is 39.3 Å². The topological polar surface area (TPSA) is 38.5 Å². The van der Waals surface area contributed by atoms with E-state index in [0.717, 1.165) is 28.1 Å². The van der Waals surface area contributed by atoms with Gasteiger partial charge in [0.25, 0.3) is 0 Å². The predicted octanol–water partition coefficient (Wildman–Crippen LogP) is 3.99. The summed E-state index contributed by atoms with van der Waals surface area (Å²) >= 11 is 9.87. The zero-order valence-corrected chi connectivity index (χ0v) is 15.5. The fourth-order valence-corrected chi connectivity index (χ4v) is 4.11. The molecule has 0 radical (unpaired) electrons. The van der Waals surface area contributed by atoms with Crippen molar-refractivity contribution < 1.29 is 4.74 Å². The van der Waals surface area contributed by atoms with Crippen LogP contribution in [0.3, 0.4) is 0 Å². The van der Waals surface area contributed by atoms with Gasteiger partial charge in [-0.3, -0.25) is 4.90 Å². The van der Waals surface area contributed by atoms with E-state index in [1.54, 1.807) is 0 Å². The number of hydrogen-bond acceptors (Lipinski definition) is 3. The summed E-state index contributed by atoms with van der Waals surface area (Å²) in [5.41, 5.74) is 6.75. The van der Waals surface area contributed by atoms with E-state index in [0.29, 0.717) is 6.54 Å². The Morgan fingerprint density at radius 1 is 1.29 bits per heavy atom. The highest BCUT2D eigenvalue weighted by Gasteiger charge is 2.40. The quantitative estimate of drug-likeness (QED) is 0.868. The number of nitrogens with zero attached hydrogens (tertiary/aromatic N) is 1. The van der Waals surface area contributed by atoms with Crippen molar-refractivity contribution in [2.24, 2.45) is 5.73 Å². The van der Waals surface area contributed by atoms with Gasteiger partial charge in [-0.2, -0.15) is 0 Å². The molecule has 118 valence electrons. The minimum atomic E-state index is -0.197. The number of benzene rings is 1. The summed E-state index contributed by atoms with van der Waals surface area (Å²) in [5.74, 6) is 0. The fraction of sp³-hybridized carbons (Fsp3) is 0.625. The molecule has 1 aliphatic heterocycles. The molecule has 0 spiro atoms. The molecule has 1 saturated heterocycles. The van der Waals surface area contributed by atoms with Crippen molar-refractivity contribution in [3.63, 3.8) is 0 Å². The van der Waals surface area contributed by atoms with Crippen LogP contribution in [0.25, 0.3) is 0 Å². The van der Waals surface area contributed by atoms with Gasteiger partial charge in [0.2, 0.25) is 0 Å². The molecule has 1 fully saturated rings. The van der Waals surface area contributed by atoms with Gasteiger partial charge in [-0.15, -0.1) is 0 Å². The first kappa shape index (κ1) is 17.2. The lowest BCUT2D eigenvalue weighted by molar-refractivity contribution is -0.187. The highest BCUT2D eigenvalue weighted by atomic mass is 79.9. The van der Waals surface area contributed by atoms with Crippen molar-refractivity contribution in [1.29, 1.82) is 0 Å². The highest BCUT2D eigenvalue weighted by molar-refractivity contribution is 9.10. The third-order valence-corrected chi connectivity index (χ3v) is 4.53. The second-order valence-electron chi connectivity index (χ2n) is 6.94. The maximum Gasteiger partial charge on any atom is 0.0761 e. The summed E-state index contributed by atoms with van der Waals surface area (Å²) < 4.78 is 7.13. The van der Waals surface area contributed by atoms with Crippen molar-refractivity contribution >= 4 is 27.5 Å². The fourth-order valence-electron chi connectivity index (χ4n) is 3.31. The second-order valence-corrected chi connectivity index (χ2v) is 8.27. The van der Waals surface area contributed by atoms with Crippen LogP contribution in [0.2, 0.25) is 5.02 Å². The summed E-state index contributed by atoms with van der Waals surface area (Å²) in [6, 6.07) is 6.10. The van der Waals surface area contributed by atoms with Crippen LogP contribution in [0.4, 0.5) is 0 Å². The Morgan fingerprint density at radius 3 is 2.33 bits per heavy atom. The number of hydrogen-bond donors (Lipinski definition) is 1. The zero-order valence-electron chi connectivity index (χ0n) is 13.1. The third-order valence-electron chi connectivity index (χ3n) is 3.71. The first-order valence-electron chi connectivity index (χ1n) is 7.23. The molecule has 0 bridgehead atoms. The molecule has 1 unspecified atom stereocenters. The maximum atomic E-state index is 6.42. The lowest BCUT2D eigenvalue weighted by Gasteiger charge is -2.49. The van der Waals surface area contributed by atoms with Crippen molar-refractivity contribution in [1.82, 2.24) is 4.90 Å². The molecule has 1 aromatic rings. The SMILES string of the molecule is CC1(C)CN(C(CN)c2ccc(Br)cc2Cl)CC(C)(C)O1. The first-order chi connectivity index (χ1) is 9.63. The van der Waals surface area contributed by atoms with Gasteiger partial charge < -0.3 is 10.5 Å². The van der Waals surface area contributed by atoms with Crippen molar-refractivity contribution in [2.75, 3.05) is 19.6 Å². The monoisotopic (exact) mass is 374 g/mol. The average Bonchev–Trinajstić information content (AvgIpc) is 2.28. The Labute approximate surface area is 140 Å². The lowest BCUT2D eigenvalue weighted by Crippen LogP contribution is -2.58. The summed E-state index contributed by atoms with van der Waals surface area (Å²) in [7, 11) is 0. The molecule has 2 N–H and O–H groups in total. The van der Waals surface area contributed by atoms with Gasteiger partial charge in [0.1, 0.15) is 0 Å². The van der Waals surface area contributed by atoms with E-state index < -0.39 is 0 Å². The molecule has 5 heteroatoms. The number of morpholine rings is 1. The third kappa shape index (κ3) is 4.20. The van der Waals surface area contributed by atoms with Gasteiger partial charge in [-0.05, 0) is 45.4 Å². The lowest BCUT2D eigenvalue weighted by atomic mass is 9.95. The Hall–Kier alpha value is -0.130.